The molecule has 0 radical (unpaired) electrons. The van der Waals surface area contributed by atoms with Gasteiger partial charge in [-0.1, -0.05) is 0 Å². The van der Waals surface area contributed by atoms with E-state index in [1.807, 2.05) is 41.3 Å². The van der Waals surface area contributed by atoms with Gasteiger partial charge in [-0.3, -0.25) is 9.69 Å². The van der Waals surface area contributed by atoms with Crippen LogP contribution in [0, 0.1) is 0 Å². The van der Waals surface area contributed by atoms with Gasteiger partial charge in [-0.2, -0.15) is 0 Å². The molecule has 7 heteroatoms. The van der Waals surface area contributed by atoms with E-state index in [1.54, 1.807) is 0 Å². The summed E-state index contributed by atoms with van der Waals surface area (Å²) in [6.07, 6.45) is 0. The van der Waals surface area contributed by atoms with E-state index >= 15 is 0 Å². The van der Waals surface area contributed by atoms with Crippen LogP contribution in [0.25, 0.3) is 0 Å². The fraction of sp³-hybridized carbons (Fsp3) is 0.435. The Morgan fingerprint density at radius 2 is 1.67 bits per heavy atom. The van der Waals surface area contributed by atoms with Gasteiger partial charge in [-0.25, -0.2) is 0 Å². The second kappa shape index (κ2) is 8.63. The predicted octanol–water partition coefficient (Wildman–Crippen LogP) is 2.00. The summed E-state index contributed by atoms with van der Waals surface area (Å²) < 4.78 is 11.3. The number of nitrogens with one attached hydrogen (secondary N) is 1. The molecule has 0 spiro atoms. The van der Waals surface area contributed by atoms with Gasteiger partial charge >= 0.3 is 0 Å². The van der Waals surface area contributed by atoms with E-state index in [4.69, 9.17) is 9.47 Å². The van der Waals surface area contributed by atoms with Gasteiger partial charge < -0.3 is 24.6 Å². The van der Waals surface area contributed by atoms with E-state index in [2.05, 4.69) is 27.2 Å². The van der Waals surface area contributed by atoms with Gasteiger partial charge in [0, 0.05) is 56.6 Å². The number of anilines is 1. The highest BCUT2D eigenvalue weighted by molar-refractivity contribution is 5.94. The van der Waals surface area contributed by atoms with Crippen LogP contribution in [0.4, 0.5) is 5.69 Å². The minimum absolute atomic E-state index is 0.0475. The zero-order chi connectivity index (χ0) is 20.3. The van der Waals surface area contributed by atoms with Gasteiger partial charge in [0.05, 0.1) is 19.9 Å². The second-order valence-corrected chi connectivity index (χ2v) is 8.06. The Balaban J connectivity index is 1.19. The SMILES string of the molecule is O=C(c1ccc(Oc2ccc(N3C[C@@H]4CNCCN4C3)cc2)cc1)N1CCOCC1. The number of piperazine rings is 1. The molecule has 0 bridgehead atoms. The van der Waals surface area contributed by atoms with E-state index in [1.165, 1.54) is 5.69 Å². The summed E-state index contributed by atoms with van der Waals surface area (Å²) in [7, 11) is 0. The van der Waals surface area contributed by atoms with Crippen LogP contribution < -0.4 is 15.0 Å². The Hall–Kier alpha value is -2.61. The zero-order valence-corrected chi connectivity index (χ0v) is 17.1. The summed E-state index contributed by atoms with van der Waals surface area (Å²) >= 11 is 0. The molecule has 0 unspecified atom stereocenters. The lowest BCUT2D eigenvalue weighted by Crippen LogP contribution is -2.48. The highest BCUT2D eigenvalue weighted by Gasteiger charge is 2.31. The highest BCUT2D eigenvalue weighted by Crippen LogP contribution is 2.27. The van der Waals surface area contributed by atoms with Crippen molar-refractivity contribution in [2.45, 2.75) is 6.04 Å². The number of benzene rings is 2. The number of carbonyl (C=O) groups is 1. The maximum absolute atomic E-state index is 12.5. The maximum atomic E-state index is 12.5. The lowest BCUT2D eigenvalue weighted by atomic mass is 10.2. The van der Waals surface area contributed by atoms with Crippen molar-refractivity contribution in [2.24, 2.45) is 0 Å². The molecule has 1 N–H and O–H groups in total. The molecule has 5 rings (SSSR count). The van der Waals surface area contributed by atoms with Crippen LogP contribution in [0.5, 0.6) is 11.5 Å². The van der Waals surface area contributed by atoms with Gasteiger partial charge in [-0.05, 0) is 48.5 Å². The Bertz CT molecular complexity index is 851. The third-order valence-corrected chi connectivity index (χ3v) is 6.09. The number of hydrogen-bond donors (Lipinski definition) is 1. The summed E-state index contributed by atoms with van der Waals surface area (Å²) in [6.45, 7) is 7.83. The number of hydrogen-bond acceptors (Lipinski definition) is 6. The van der Waals surface area contributed by atoms with Gasteiger partial charge in [0.15, 0.2) is 0 Å². The molecule has 3 aliphatic heterocycles. The average molecular weight is 409 g/mol. The Labute approximate surface area is 177 Å². The molecule has 3 heterocycles. The molecule has 0 aliphatic carbocycles. The normalized spacial score (nSPS) is 22.1. The first-order valence-electron chi connectivity index (χ1n) is 10.7. The van der Waals surface area contributed by atoms with E-state index in [0.717, 1.165) is 44.3 Å². The van der Waals surface area contributed by atoms with Crippen molar-refractivity contribution in [3.8, 4) is 11.5 Å². The monoisotopic (exact) mass is 408 g/mol. The van der Waals surface area contributed by atoms with Crippen LogP contribution in [0.2, 0.25) is 0 Å². The Kier molecular flexibility index (Phi) is 5.57. The van der Waals surface area contributed by atoms with Crippen molar-refractivity contribution in [1.29, 1.82) is 0 Å². The number of rotatable bonds is 4. The van der Waals surface area contributed by atoms with Crippen molar-refractivity contribution in [2.75, 3.05) is 64.1 Å². The van der Waals surface area contributed by atoms with Crippen LogP contribution in [-0.2, 0) is 4.74 Å². The van der Waals surface area contributed by atoms with Crippen molar-refractivity contribution >= 4 is 11.6 Å². The van der Waals surface area contributed by atoms with E-state index in [9.17, 15) is 4.79 Å². The predicted molar refractivity (Wildman–Crippen MR) is 115 cm³/mol. The zero-order valence-electron chi connectivity index (χ0n) is 17.1. The van der Waals surface area contributed by atoms with Crippen molar-refractivity contribution in [3.63, 3.8) is 0 Å². The molecule has 30 heavy (non-hydrogen) atoms. The van der Waals surface area contributed by atoms with Crippen molar-refractivity contribution in [1.82, 2.24) is 15.1 Å². The Morgan fingerprint density at radius 1 is 0.967 bits per heavy atom. The lowest BCUT2D eigenvalue weighted by Gasteiger charge is -2.28. The van der Waals surface area contributed by atoms with Crippen molar-refractivity contribution in [3.05, 3.63) is 54.1 Å². The summed E-state index contributed by atoms with van der Waals surface area (Å²) in [5.41, 5.74) is 1.91. The topological polar surface area (TPSA) is 57.3 Å². The lowest BCUT2D eigenvalue weighted by molar-refractivity contribution is 0.0303. The fourth-order valence-electron chi connectivity index (χ4n) is 4.36. The molecule has 0 saturated carbocycles. The summed E-state index contributed by atoms with van der Waals surface area (Å²) in [5, 5.41) is 3.48. The molecule has 2 aromatic carbocycles. The van der Waals surface area contributed by atoms with Crippen LogP contribution in [-0.4, -0.2) is 80.9 Å². The first kappa shape index (κ1) is 19.4. The van der Waals surface area contributed by atoms with E-state index < -0.39 is 0 Å². The largest absolute Gasteiger partial charge is 0.457 e. The van der Waals surface area contributed by atoms with Gasteiger partial charge in [0.1, 0.15) is 11.5 Å². The standard InChI is InChI=1S/C23H28N4O3/c28-23(25-11-13-29-14-12-25)18-1-5-21(6-2-18)30-22-7-3-19(4-8-22)27-16-20-15-24-9-10-26(20)17-27/h1-8,20,24H,9-17H2/t20-/m0/s1. The van der Waals surface area contributed by atoms with E-state index in [0.29, 0.717) is 37.9 Å². The Morgan fingerprint density at radius 3 is 2.37 bits per heavy atom. The first-order valence-corrected chi connectivity index (χ1v) is 10.7. The molecular formula is C23H28N4O3. The molecule has 2 aromatic rings. The van der Waals surface area contributed by atoms with Gasteiger partial charge in [-0.15, -0.1) is 0 Å². The number of ether oxygens (including phenoxy) is 2. The quantitative estimate of drug-likeness (QED) is 0.835. The number of morpholine rings is 1. The van der Waals surface area contributed by atoms with Crippen molar-refractivity contribution < 1.29 is 14.3 Å². The number of amides is 1. The minimum atomic E-state index is 0.0475. The fourth-order valence-corrected chi connectivity index (χ4v) is 4.36. The van der Waals surface area contributed by atoms with E-state index in [-0.39, 0.29) is 5.91 Å². The summed E-state index contributed by atoms with van der Waals surface area (Å²) in [6, 6.07) is 16.2. The second-order valence-electron chi connectivity index (χ2n) is 8.06. The third kappa shape index (κ3) is 4.14. The smallest absolute Gasteiger partial charge is 0.254 e. The molecule has 3 fully saturated rings. The number of fused-ring (bicyclic) bond motifs is 1. The molecule has 1 atom stereocenters. The molecule has 0 aromatic heterocycles. The highest BCUT2D eigenvalue weighted by atomic mass is 16.5. The minimum Gasteiger partial charge on any atom is -0.457 e. The number of carbonyl (C=O) groups excluding carboxylic acids is 1. The third-order valence-electron chi connectivity index (χ3n) is 6.09. The maximum Gasteiger partial charge on any atom is 0.254 e. The molecule has 1 amide bonds. The average Bonchev–Trinajstić information content (AvgIpc) is 3.25. The number of nitrogens with zero attached hydrogens (tertiary/aromatic N) is 3. The molecule has 7 nitrogen and oxygen atoms in total. The van der Waals surface area contributed by atoms with Crippen LogP contribution >= 0.6 is 0 Å². The van der Waals surface area contributed by atoms with Gasteiger partial charge in [0.25, 0.3) is 5.91 Å². The molecule has 158 valence electrons. The first-order chi connectivity index (χ1) is 14.8. The van der Waals surface area contributed by atoms with Gasteiger partial charge in [0.2, 0.25) is 0 Å². The van der Waals surface area contributed by atoms with Crippen LogP contribution in [0.15, 0.2) is 48.5 Å². The summed E-state index contributed by atoms with van der Waals surface area (Å²) in [5.74, 6) is 1.57. The molecule has 3 saturated heterocycles. The summed E-state index contributed by atoms with van der Waals surface area (Å²) in [4.78, 5) is 19.3. The molecular weight excluding hydrogens is 380 g/mol. The van der Waals surface area contributed by atoms with Crippen LogP contribution in [0.1, 0.15) is 10.4 Å². The van der Waals surface area contributed by atoms with Crippen LogP contribution in [0.3, 0.4) is 0 Å². The molecule has 3 aliphatic rings.